The fourth-order valence-corrected chi connectivity index (χ4v) is 1.29. The van der Waals surface area contributed by atoms with Crippen molar-refractivity contribution >= 4 is 0 Å². The fourth-order valence-electron chi connectivity index (χ4n) is 1.29. The Hall–Kier alpha value is -0.940. The van der Waals surface area contributed by atoms with Crippen LogP contribution in [0.2, 0.25) is 0 Å². The molecule has 0 saturated heterocycles. The summed E-state index contributed by atoms with van der Waals surface area (Å²) < 4.78 is 10.8. The molecule has 1 heterocycles. The molecule has 1 unspecified atom stereocenters. The summed E-state index contributed by atoms with van der Waals surface area (Å²) in [7, 11) is 0. The van der Waals surface area contributed by atoms with Crippen LogP contribution in [0.4, 0.5) is 0 Å². The Morgan fingerprint density at radius 3 is 2.88 bits per heavy atom. The second kappa shape index (κ2) is 7.35. The molecule has 0 aliphatic carbocycles. The average molecular weight is 227 g/mol. The predicted molar refractivity (Wildman–Crippen MR) is 61.2 cm³/mol. The van der Waals surface area contributed by atoms with Crippen molar-refractivity contribution in [2.45, 2.75) is 39.7 Å². The highest BCUT2D eigenvalue weighted by Crippen LogP contribution is 2.10. The van der Waals surface area contributed by atoms with E-state index in [-0.39, 0.29) is 6.04 Å². The summed E-state index contributed by atoms with van der Waals surface area (Å²) >= 11 is 0. The van der Waals surface area contributed by atoms with Crippen molar-refractivity contribution in [2.24, 2.45) is 0 Å². The Balaban J connectivity index is 2.37. The van der Waals surface area contributed by atoms with E-state index in [1.165, 1.54) is 0 Å². The third kappa shape index (κ3) is 4.28. The van der Waals surface area contributed by atoms with Crippen molar-refractivity contribution in [1.29, 1.82) is 0 Å². The second-order valence-electron chi connectivity index (χ2n) is 3.66. The molecule has 0 aliphatic heterocycles. The van der Waals surface area contributed by atoms with Gasteiger partial charge in [0.1, 0.15) is 0 Å². The largest absolute Gasteiger partial charge is 0.423 e. The Kier molecular flexibility index (Phi) is 6.03. The number of nitrogens with zero attached hydrogens (tertiary/aromatic N) is 2. The zero-order valence-electron chi connectivity index (χ0n) is 10.3. The normalized spacial score (nSPS) is 12.9. The molecule has 1 rings (SSSR count). The van der Waals surface area contributed by atoms with Gasteiger partial charge < -0.3 is 14.5 Å². The summed E-state index contributed by atoms with van der Waals surface area (Å²) in [6.07, 6.45) is 1.77. The molecule has 1 aromatic rings. The van der Waals surface area contributed by atoms with Gasteiger partial charge in [0.05, 0.1) is 12.6 Å². The Bertz CT molecular complexity index is 289. The molecule has 5 heteroatoms. The molecule has 0 fully saturated rings. The highest BCUT2D eigenvalue weighted by molar-refractivity contribution is 4.88. The van der Waals surface area contributed by atoms with Gasteiger partial charge in [-0.2, -0.15) is 0 Å². The van der Waals surface area contributed by atoms with E-state index in [4.69, 9.17) is 9.15 Å². The van der Waals surface area contributed by atoms with E-state index in [1.54, 1.807) is 0 Å². The van der Waals surface area contributed by atoms with Gasteiger partial charge >= 0.3 is 0 Å². The van der Waals surface area contributed by atoms with E-state index in [0.29, 0.717) is 24.8 Å². The maximum Gasteiger partial charge on any atom is 0.233 e. The molecule has 0 aromatic carbocycles. The lowest BCUT2D eigenvalue weighted by molar-refractivity contribution is 0.145. The summed E-state index contributed by atoms with van der Waals surface area (Å²) in [5, 5.41) is 11.3. The Morgan fingerprint density at radius 2 is 2.19 bits per heavy atom. The third-order valence-corrected chi connectivity index (χ3v) is 2.22. The molecule has 0 spiro atoms. The zero-order chi connectivity index (χ0) is 11.8. The van der Waals surface area contributed by atoms with Gasteiger partial charge in [0.25, 0.3) is 0 Å². The standard InChI is InChI=1S/C11H21N3O2/c1-4-7-12-9(3)11-14-13-10(16-11)6-8-15-5-2/h9,12H,4-8H2,1-3H3. The first kappa shape index (κ1) is 13.1. The maximum absolute atomic E-state index is 5.52. The van der Waals surface area contributed by atoms with Crippen LogP contribution in [-0.4, -0.2) is 30.0 Å². The summed E-state index contributed by atoms with van der Waals surface area (Å²) in [4.78, 5) is 0. The summed E-state index contributed by atoms with van der Waals surface area (Å²) in [6, 6.07) is 0.119. The van der Waals surface area contributed by atoms with Crippen LogP contribution in [0, 0.1) is 0 Å². The molecule has 5 nitrogen and oxygen atoms in total. The average Bonchev–Trinajstić information content (AvgIpc) is 2.75. The van der Waals surface area contributed by atoms with Crippen LogP contribution in [0.5, 0.6) is 0 Å². The van der Waals surface area contributed by atoms with E-state index in [2.05, 4.69) is 22.4 Å². The molecule has 1 aromatic heterocycles. The molecule has 16 heavy (non-hydrogen) atoms. The van der Waals surface area contributed by atoms with E-state index in [1.807, 2.05) is 13.8 Å². The van der Waals surface area contributed by atoms with Gasteiger partial charge in [-0.3, -0.25) is 0 Å². The summed E-state index contributed by atoms with van der Waals surface area (Å²) in [5.41, 5.74) is 0. The highest BCUT2D eigenvalue weighted by atomic mass is 16.5. The minimum atomic E-state index is 0.119. The SMILES string of the molecule is CCCNC(C)c1nnc(CCOCC)o1. The quantitative estimate of drug-likeness (QED) is 0.685. The number of nitrogens with one attached hydrogen (secondary N) is 1. The fraction of sp³-hybridized carbons (Fsp3) is 0.818. The molecule has 1 atom stereocenters. The molecule has 92 valence electrons. The third-order valence-electron chi connectivity index (χ3n) is 2.22. The molecule has 0 saturated carbocycles. The van der Waals surface area contributed by atoms with Crippen LogP contribution < -0.4 is 5.32 Å². The predicted octanol–water partition coefficient (Wildman–Crippen LogP) is 1.71. The van der Waals surface area contributed by atoms with Crippen molar-refractivity contribution in [3.05, 3.63) is 11.8 Å². The van der Waals surface area contributed by atoms with Crippen LogP contribution >= 0.6 is 0 Å². The van der Waals surface area contributed by atoms with Gasteiger partial charge in [0.15, 0.2) is 0 Å². The molecular formula is C11H21N3O2. The maximum atomic E-state index is 5.52. The molecule has 1 N–H and O–H groups in total. The number of hydrogen-bond donors (Lipinski definition) is 1. The first-order valence-corrected chi connectivity index (χ1v) is 5.91. The number of hydrogen-bond acceptors (Lipinski definition) is 5. The first-order valence-electron chi connectivity index (χ1n) is 5.91. The smallest absolute Gasteiger partial charge is 0.233 e. The Morgan fingerprint density at radius 1 is 1.38 bits per heavy atom. The number of aromatic nitrogens is 2. The van der Waals surface area contributed by atoms with Crippen molar-refractivity contribution in [3.8, 4) is 0 Å². The zero-order valence-corrected chi connectivity index (χ0v) is 10.3. The van der Waals surface area contributed by atoms with Gasteiger partial charge in [-0.05, 0) is 26.8 Å². The lowest BCUT2D eigenvalue weighted by Crippen LogP contribution is -2.19. The van der Waals surface area contributed by atoms with E-state index >= 15 is 0 Å². The number of ether oxygens (including phenoxy) is 1. The summed E-state index contributed by atoms with van der Waals surface area (Å²) in [5.74, 6) is 1.30. The monoisotopic (exact) mass is 227 g/mol. The molecule has 0 bridgehead atoms. The minimum Gasteiger partial charge on any atom is -0.423 e. The van der Waals surface area contributed by atoms with Crippen molar-refractivity contribution in [1.82, 2.24) is 15.5 Å². The van der Waals surface area contributed by atoms with Gasteiger partial charge in [0, 0.05) is 13.0 Å². The van der Waals surface area contributed by atoms with Gasteiger partial charge in [-0.1, -0.05) is 6.92 Å². The van der Waals surface area contributed by atoms with E-state index < -0.39 is 0 Å². The Labute approximate surface area is 96.6 Å². The highest BCUT2D eigenvalue weighted by Gasteiger charge is 2.12. The lowest BCUT2D eigenvalue weighted by atomic mass is 10.3. The second-order valence-corrected chi connectivity index (χ2v) is 3.66. The van der Waals surface area contributed by atoms with Crippen LogP contribution in [0.15, 0.2) is 4.42 Å². The lowest BCUT2D eigenvalue weighted by Gasteiger charge is -2.07. The van der Waals surface area contributed by atoms with Crippen molar-refractivity contribution in [3.63, 3.8) is 0 Å². The van der Waals surface area contributed by atoms with Crippen molar-refractivity contribution < 1.29 is 9.15 Å². The van der Waals surface area contributed by atoms with Crippen LogP contribution in [0.3, 0.4) is 0 Å². The summed E-state index contributed by atoms with van der Waals surface area (Å²) in [6.45, 7) is 8.43. The molecular weight excluding hydrogens is 206 g/mol. The van der Waals surface area contributed by atoms with Gasteiger partial charge in [-0.25, -0.2) is 0 Å². The molecule has 0 aliphatic rings. The molecule has 0 radical (unpaired) electrons. The topological polar surface area (TPSA) is 60.2 Å². The first-order chi connectivity index (χ1) is 7.77. The van der Waals surface area contributed by atoms with Crippen LogP contribution in [-0.2, 0) is 11.2 Å². The molecule has 0 amide bonds. The van der Waals surface area contributed by atoms with Crippen molar-refractivity contribution in [2.75, 3.05) is 19.8 Å². The van der Waals surface area contributed by atoms with Crippen LogP contribution in [0.1, 0.15) is 45.0 Å². The van der Waals surface area contributed by atoms with E-state index in [0.717, 1.165) is 19.6 Å². The van der Waals surface area contributed by atoms with Gasteiger partial charge in [0.2, 0.25) is 11.8 Å². The minimum absolute atomic E-state index is 0.119. The van der Waals surface area contributed by atoms with E-state index in [9.17, 15) is 0 Å². The number of rotatable bonds is 8. The van der Waals surface area contributed by atoms with Gasteiger partial charge in [-0.15, -0.1) is 10.2 Å². The van der Waals surface area contributed by atoms with Crippen LogP contribution in [0.25, 0.3) is 0 Å².